The maximum absolute atomic E-state index is 11.0. The molecule has 0 radical (unpaired) electrons. The zero-order valence-electron chi connectivity index (χ0n) is 8.02. The molecule has 0 heterocycles. The van der Waals surface area contributed by atoms with Gasteiger partial charge < -0.3 is 0 Å². The summed E-state index contributed by atoms with van der Waals surface area (Å²) in [4.78, 5) is 9.96. The molecule has 0 N–H and O–H groups in total. The molecule has 0 atom stereocenters. The Balaban J connectivity index is 3.52. The van der Waals surface area contributed by atoms with Gasteiger partial charge in [-0.2, -0.15) is 0 Å². The van der Waals surface area contributed by atoms with E-state index in [4.69, 9.17) is 10.7 Å². The van der Waals surface area contributed by atoms with Gasteiger partial charge in [-0.15, -0.1) is 0 Å². The van der Waals surface area contributed by atoms with Crippen molar-refractivity contribution in [1.29, 1.82) is 0 Å². The Hall–Kier alpha value is -1.14. The first-order valence-electron chi connectivity index (χ1n) is 3.94. The van der Waals surface area contributed by atoms with Crippen LogP contribution in [0.15, 0.2) is 17.0 Å². The van der Waals surface area contributed by atoms with Crippen LogP contribution in [0.25, 0.3) is 0 Å². The highest BCUT2D eigenvalue weighted by Gasteiger charge is 2.19. The monoisotopic (exact) mass is 249 g/mol. The summed E-state index contributed by atoms with van der Waals surface area (Å²) in [6.45, 7) is 2.94. The largest absolute Gasteiger partial charge is 0.275 e. The number of hydrogen-bond donors (Lipinski definition) is 0. The van der Waals surface area contributed by atoms with Gasteiger partial charge in [0.1, 0.15) is 0 Å². The van der Waals surface area contributed by atoms with E-state index in [1.165, 1.54) is 26.0 Å². The lowest BCUT2D eigenvalue weighted by Crippen LogP contribution is -1.99. The van der Waals surface area contributed by atoms with E-state index in [2.05, 4.69) is 0 Å². The zero-order chi connectivity index (χ0) is 11.8. The number of hydrogen-bond acceptors (Lipinski definition) is 4. The summed E-state index contributed by atoms with van der Waals surface area (Å²) in [7, 11) is 1.30. The fraction of sp³-hybridized carbons (Fsp3) is 0.250. The first kappa shape index (κ1) is 11.9. The molecule has 0 unspecified atom stereocenters. The van der Waals surface area contributed by atoms with Crippen LogP contribution in [0, 0.1) is 24.0 Å². The summed E-state index contributed by atoms with van der Waals surface area (Å²) in [5, 5.41) is 10.6. The maximum atomic E-state index is 11.0. The minimum atomic E-state index is -3.84. The van der Waals surface area contributed by atoms with Crippen LogP contribution in [0.4, 0.5) is 5.69 Å². The molecule has 0 bridgehead atoms. The molecule has 7 heteroatoms. The van der Waals surface area contributed by atoms with Crippen molar-refractivity contribution < 1.29 is 13.3 Å². The molecular formula is C8H8ClNO4S. The molecule has 1 aromatic carbocycles. The third-order valence-electron chi connectivity index (χ3n) is 1.93. The molecule has 0 aromatic heterocycles. The van der Waals surface area contributed by atoms with Gasteiger partial charge in [0.25, 0.3) is 14.7 Å². The van der Waals surface area contributed by atoms with Gasteiger partial charge in [0.05, 0.1) is 9.82 Å². The van der Waals surface area contributed by atoms with E-state index in [0.29, 0.717) is 0 Å². The number of halogens is 1. The summed E-state index contributed by atoms with van der Waals surface area (Å²) < 4.78 is 22.0. The van der Waals surface area contributed by atoms with Crippen LogP contribution < -0.4 is 0 Å². The van der Waals surface area contributed by atoms with Crippen LogP contribution in [0.2, 0.25) is 0 Å². The van der Waals surface area contributed by atoms with E-state index >= 15 is 0 Å². The van der Waals surface area contributed by atoms with E-state index in [-0.39, 0.29) is 21.7 Å². The van der Waals surface area contributed by atoms with Crippen molar-refractivity contribution >= 4 is 25.4 Å². The lowest BCUT2D eigenvalue weighted by molar-refractivity contribution is -0.386. The van der Waals surface area contributed by atoms with Crippen molar-refractivity contribution in [1.82, 2.24) is 0 Å². The molecule has 1 aromatic rings. The van der Waals surface area contributed by atoms with Crippen molar-refractivity contribution in [2.45, 2.75) is 18.7 Å². The Morgan fingerprint density at radius 1 is 1.27 bits per heavy atom. The normalized spacial score (nSPS) is 11.4. The van der Waals surface area contributed by atoms with Crippen molar-refractivity contribution in [2.24, 2.45) is 0 Å². The first-order valence-corrected chi connectivity index (χ1v) is 6.24. The summed E-state index contributed by atoms with van der Waals surface area (Å²) in [5.41, 5.74) is 0.470. The molecule has 0 amide bonds. The molecule has 0 saturated carbocycles. The van der Waals surface area contributed by atoms with Gasteiger partial charge in [0.2, 0.25) is 0 Å². The second-order valence-electron chi connectivity index (χ2n) is 3.10. The third-order valence-corrected chi connectivity index (χ3v) is 3.26. The fourth-order valence-corrected chi connectivity index (χ4v) is 2.25. The number of benzene rings is 1. The first-order chi connectivity index (χ1) is 6.73. The third kappa shape index (κ3) is 2.45. The fourth-order valence-electron chi connectivity index (χ4n) is 1.34. The predicted molar refractivity (Wildman–Crippen MR) is 55.6 cm³/mol. The van der Waals surface area contributed by atoms with Gasteiger partial charge in [0, 0.05) is 21.8 Å². The van der Waals surface area contributed by atoms with Gasteiger partial charge in [-0.05, 0) is 26.0 Å². The molecule has 0 aliphatic heterocycles. The van der Waals surface area contributed by atoms with Crippen molar-refractivity contribution in [3.05, 3.63) is 33.4 Å². The average Bonchev–Trinajstić information content (AvgIpc) is 1.99. The molecule has 5 nitrogen and oxygen atoms in total. The number of nitro benzene ring substituents is 1. The minimum Gasteiger partial charge on any atom is -0.258 e. The van der Waals surface area contributed by atoms with Crippen LogP contribution in [0.3, 0.4) is 0 Å². The Kier molecular flexibility index (Phi) is 3.01. The van der Waals surface area contributed by atoms with E-state index < -0.39 is 14.0 Å². The van der Waals surface area contributed by atoms with E-state index in [9.17, 15) is 18.5 Å². The van der Waals surface area contributed by atoms with E-state index in [1.807, 2.05) is 0 Å². The summed E-state index contributed by atoms with van der Waals surface area (Å²) in [6.07, 6.45) is 0. The van der Waals surface area contributed by atoms with Crippen LogP contribution >= 0.6 is 10.7 Å². The molecule has 0 spiro atoms. The Morgan fingerprint density at radius 2 is 1.67 bits per heavy atom. The molecular weight excluding hydrogens is 242 g/mol. The van der Waals surface area contributed by atoms with Gasteiger partial charge in [-0.1, -0.05) is 0 Å². The van der Waals surface area contributed by atoms with E-state index in [1.54, 1.807) is 0 Å². The Labute approximate surface area is 91.2 Å². The molecule has 0 saturated heterocycles. The Morgan fingerprint density at radius 3 is 1.93 bits per heavy atom. The second kappa shape index (κ2) is 3.79. The van der Waals surface area contributed by atoms with Crippen molar-refractivity contribution in [3.63, 3.8) is 0 Å². The topological polar surface area (TPSA) is 77.3 Å². The highest BCUT2D eigenvalue weighted by atomic mass is 35.7. The smallest absolute Gasteiger partial charge is 0.258 e. The van der Waals surface area contributed by atoms with E-state index in [0.717, 1.165) is 0 Å². The van der Waals surface area contributed by atoms with Gasteiger partial charge in [-0.3, -0.25) is 10.1 Å². The number of rotatable bonds is 2. The second-order valence-corrected chi connectivity index (χ2v) is 5.67. The lowest BCUT2D eigenvalue weighted by Gasteiger charge is -2.03. The number of aryl methyl sites for hydroxylation is 2. The average molecular weight is 250 g/mol. The lowest BCUT2D eigenvalue weighted by atomic mass is 10.1. The van der Waals surface area contributed by atoms with Crippen LogP contribution in [0.1, 0.15) is 11.1 Å². The van der Waals surface area contributed by atoms with Crippen LogP contribution in [-0.2, 0) is 9.05 Å². The highest BCUT2D eigenvalue weighted by molar-refractivity contribution is 8.13. The molecule has 0 aliphatic carbocycles. The SMILES string of the molecule is Cc1cc(S(=O)(=O)Cl)cc(C)c1[N+](=O)[O-]. The minimum absolute atomic E-state index is 0.0842. The van der Waals surface area contributed by atoms with Crippen LogP contribution in [-0.4, -0.2) is 13.3 Å². The van der Waals surface area contributed by atoms with Crippen molar-refractivity contribution in [3.8, 4) is 0 Å². The summed E-state index contributed by atoms with van der Waals surface area (Å²) >= 11 is 0. The summed E-state index contributed by atoms with van der Waals surface area (Å²) in [6, 6.07) is 2.38. The quantitative estimate of drug-likeness (QED) is 0.457. The molecule has 1 rings (SSSR count). The van der Waals surface area contributed by atoms with Gasteiger partial charge >= 0.3 is 0 Å². The van der Waals surface area contributed by atoms with Gasteiger partial charge in [0.15, 0.2) is 0 Å². The Bertz CT molecular complexity index is 500. The molecule has 0 fully saturated rings. The predicted octanol–water partition coefficient (Wildman–Crippen LogP) is 2.14. The summed E-state index contributed by atoms with van der Waals surface area (Å²) in [5.74, 6) is 0. The molecule has 82 valence electrons. The zero-order valence-corrected chi connectivity index (χ0v) is 9.59. The standard InChI is InChI=1S/C8H8ClNO4S/c1-5-3-7(15(9,13)14)4-6(2)8(5)10(11)12/h3-4H,1-2H3. The molecule has 0 aliphatic rings. The number of nitro groups is 1. The van der Waals surface area contributed by atoms with Crippen molar-refractivity contribution in [2.75, 3.05) is 0 Å². The van der Waals surface area contributed by atoms with Crippen LogP contribution in [0.5, 0.6) is 0 Å². The molecule has 15 heavy (non-hydrogen) atoms. The maximum Gasteiger partial charge on any atom is 0.275 e. The number of nitrogens with zero attached hydrogens (tertiary/aromatic N) is 1. The highest BCUT2D eigenvalue weighted by Crippen LogP contribution is 2.27. The van der Waals surface area contributed by atoms with Gasteiger partial charge in [-0.25, -0.2) is 8.42 Å².